The molecule has 2 N–H and O–H groups in total. The van der Waals surface area contributed by atoms with Gasteiger partial charge in [0.15, 0.2) is 0 Å². The Hall–Kier alpha value is -0.120. The van der Waals surface area contributed by atoms with E-state index < -0.39 is 0 Å². The fourth-order valence-corrected chi connectivity index (χ4v) is 2.36. The molecule has 0 rings (SSSR count). The summed E-state index contributed by atoms with van der Waals surface area (Å²) in [4.78, 5) is 2.43. The Bertz CT molecular complexity index is 160. The number of rotatable bonds is 14. The van der Waals surface area contributed by atoms with Gasteiger partial charge in [-0.15, -0.1) is 0 Å². The molecule has 0 atom stereocenters. The van der Waals surface area contributed by atoms with Crippen LogP contribution in [0.1, 0.15) is 65.2 Å². The molecule has 0 bridgehead atoms. The first kappa shape index (κ1) is 18.9. The first-order valence-corrected chi connectivity index (χ1v) is 8.22. The van der Waals surface area contributed by atoms with Gasteiger partial charge >= 0.3 is 0 Å². The first-order chi connectivity index (χ1) is 9.28. The summed E-state index contributed by atoms with van der Waals surface area (Å²) in [5.41, 5.74) is 0. The summed E-state index contributed by atoms with van der Waals surface area (Å²) in [5.74, 6) is 0.0253. The zero-order valence-corrected chi connectivity index (χ0v) is 13.1. The average molecular weight is 273 g/mol. The minimum Gasteiger partial charge on any atom is -0.396 e. The summed E-state index contributed by atoms with van der Waals surface area (Å²) < 4.78 is 0. The maximum Gasteiger partial charge on any atom is 0.0493 e. The smallest absolute Gasteiger partial charge is 0.0493 e. The minimum atomic E-state index is 0.0253. The van der Waals surface area contributed by atoms with Crippen LogP contribution in [0.25, 0.3) is 0 Å². The summed E-state index contributed by atoms with van der Waals surface area (Å²) in [6, 6.07) is 0. The highest BCUT2D eigenvalue weighted by molar-refractivity contribution is 4.65. The van der Waals surface area contributed by atoms with Crippen LogP contribution < -0.4 is 0 Å². The van der Waals surface area contributed by atoms with Crippen LogP contribution in [-0.2, 0) is 0 Å². The molecule has 0 aromatic rings. The predicted octanol–water partition coefficient (Wildman–Crippen LogP) is 3.05. The number of hydrogen-bond donors (Lipinski definition) is 2. The molecule has 3 heteroatoms. The number of aliphatic hydroxyl groups is 2. The van der Waals surface area contributed by atoms with E-state index >= 15 is 0 Å². The standard InChI is InChI=1S/C16H35NO2/c1-3-5-7-9-11-17(12-10-8-6-4-2)13-16(14-18)15-19/h16,18-19H,3-15H2,1-2H3. The van der Waals surface area contributed by atoms with E-state index in [9.17, 15) is 10.2 Å². The Balaban J connectivity index is 3.91. The number of hydrogen-bond acceptors (Lipinski definition) is 3. The van der Waals surface area contributed by atoms with E-state index in [4.69, 9.17) is 0 Å². The maximum absolute atomic E-state index is 9.21. The third-order valence-electron chi connectivity index (χ3n) is 3.69. The largest absolute Gasteiger partial charge is 0.396 e. The fraction of sp³-hybridized carbons (Fsp3) is 1.00. The molecule has 19 heavy (non-hydrogen) atoms. The molecule has 0 saturated heterocycles. The van der Waals surface area contributed by atoms with Crippen LogP contribution in [0.15, 0.2) is 0 Å². The third-order valence-corrected chi connectivity index (χ3v) is 3.69. The topological polar surface area (TPSA) is 43.7 Å². The molecule has 3 nitrogen and oxygen atoms in total. The van der Waals surface area contributed by atoms with Crippen LogP contribution in [0.4, 0.5) is 0 Å². The lowest BCUT2D eigenvalue weighted by atomic mass is 10.1. The Kier molecular flexibility index (Phi) is 14.2. The average Bonchev–Trinajstić information content (AvgIpc) is 2.44. The molecule has 0 radical (unpaired) electrons. The van der Waals surface area contributed by atoms with E-state index in [2.05, 4.69) is 18.7 Å². The van der Waals surface area contributed by atoms with Gasteiger partial charge in [-0.3, -0.25) is 0 Å². The van der Waals surface area contributed by atoms with Crippen molar-refractivity contribution < 1.29 is 10.2 Å². The van der Waals surface area contributed by atoms with Gasteiger partial charge in [-0.05, 0) is 25.9 Å². The molecular weight excluding hydrogens is 238 g/mol. The van der Waals surface area contributed by atoms with Gasteiger partial charge in [-0.25, -0.2) is 0 Å². The molecule has 0 aromatic heterocycles. The Labute approximate surface area is 120 Å². The van der Waals surface area contributed by atoms with E-state index in [1.54, 1.807) is 0 Å². The zero-order valence-electron chi connectivity index (χ0n) is 13.1. The number of nitrogens with zero attached hydrogens (tertiary/aromatic N) is 1. The minimum absolute atomic E-state index is 0.0253. The molecule has 0 aliphatic carbocycles. The van der Waals surface area contributed by atoms with Crippen LogP contribution in [0, 0.1) is 5.92 Å². The normalized spacial score (nSPS) is 11.7. The summed E-state index contributed by atoms with van der Waals surface area (Å²) >= 11 is 0. The summed E-state index contributed by atoms with van der Waals surface area (Å²) in [6.07, 6.45) is 10.2. The van der Waals surface area contributed by atoms with Gasteiger partial charge in [-0.2, -0.15) is 0 Å². The highest BCUT2D eigenvalue weighted by atomic mass is 16.3. The van der Waals surface area contributed by atoms with E-state index in [0.717, 1.165) is 19.6 Å². The molecular formula is C16H35NO2. The fourth-order valence-electron chi connectivity index (χ4n) is 2.36. The highest BCUT2D eigenvalue weighted by Crippen LogP contribution is 2.08. The summed E-state index contributed by atoms with van der Waals surface area (Å²) in [7, 11) is 0. The second-order valence-corrected chi connectivity index (χ2v) is 5.65. The molecule has 116 valence electrons. The highest BCUT2D eigenvalue weighted by Gasteiger charge is 2.12. The van der Waals surface area contributed by atoms with Crippen molar-refractivity contribution in [1.29, 1.82) is 0 Å². The molecule has 0 aromatic carbocycles. The van der Waals surface area contributed by atoms with E-state index in [1.807, 2.05) is 0 Å². The number of aliphatic hydroxyl groups excluding tert-OH is 2. The van der Waals surface area contributed by atoms with Crippen molar-refractivity contribution in [2.75, 3.05) is 32.8 Å². The van der Waals surface area contributed by atoms with E-state index in [0.29, 0.717) is 0 Å². The second-order valence-electron chi connectivity index (χ2n) is 5.65. The van der Waals surface area contributed by atoms with Crippen LogP contribution >= 0.6 is 0 Å². The molecule has 0 spiro atoms. The Morgan fingerprint density at radius 3 is 1.58 bits per heavy atom. The van der Waals surface area contributed by atoms with Crippen molar-refractivity contribution in [1.82, 2.24) is 4.90 Å². The van der Waals surface area contributed by atoms with Gasteiger partial charge < -0.3 is 15.1 Å². The lowest BCUT2D eigenvalue weighted by molar-refractivity contribution is 0.108. The van der Waals surface area contributed by atoms with E-state index in [-0.39, 0.29) is 19.1 Å². The van der Waals surface area contributed by atoms with Gasteiger partial charge in [0.1, 0.15) is 0 Å². The molecule has 0 unspecified atom stereocenters. The Morgan fingerprint density at radius 1 is 0.737 bits per heavy atom. The lowest BCUT2D eigenvalue weighted by Gasteiger charge is -2.25. The zero-order chi connectivity index (χ0) is 14.3. The number of unbranched alkanes of at least 4 members (excludes halogenated alkanes) is 6. The van der Waals surface area contributed by atoms with Gasteiger partial charge in [0.25, 0.3) is 0 Å². The van der Waals surface area contributed by atoms with Gasteiger partial charge in [0.05, 0.1) is 0 Å². The third kappa shape index (κ3) is 11.4. The van der Waals surface area contributed by atoms with Gasteiger partial charge in [-0.1, -0.05) is 52.4 Å². The van der Waals surface area contributed by atoms with E-state index in [1.165, 1.54) is 51.4 Å². The van der Waals surface area contributed by atoms with Crippen LogP contribution in [0.2, 0.25) is 0 Å². The quantitative estimate of drug-likeness (QED) is 0.478. The van der Waals surface area contributed by atoms with Crippen molar-refractivity contribution in [2.24, 2.45) is 5.92 Å². The van der Waals surface area contributed by atoms with Crippen molar-refractivity contribution in [2.45, 2.75) is 65.2 Å². The SMILES string of the molecule is CCCCCCN(CCCCCC)CC(CO)CO. The van der Waals surface area contributed by atoms with Crippen LogP contribution in [0.5, 0.6) is 0 Å². The molecule has 0 fully saturated rings. The lowest BCUT2D eigenvalue weighted by Crippen LogP contribution is -2.34. The summed E-state index contributed by atoms with van der Waals surface area (Å²) in [5, 5.41) is 18.4. The molecule has 0 aliphatic rings. The van der Waals surface area contributed by atoms with Crippen molar-refractivity contribution in [3.63, 3.8) is 0 Å². The second kappa shape index (κ2) is 14.3. The van der Waals surface area contributed by atoms with Gasteiger partial charge in [0.2, 0.25) is 0 Å². The van der Waals surface area contributed by atoms with Crippen LogP contribution in [0.3, 0.4) is 0 Å². The predicted molar refractivity (Wildman–Crippen MR) is 82.4 cm³/mol. The van der Waals surface area contributed by atoms with Crippen molar-refractivity contribution >= 4 is 0 Å². The molecule has 0 aliphatic heterocycles. The van der Waals surface area contributed by atoms with Crippen LogP contribution in [-0.4, -0.2) is 48.0 Å². The molecule has 0 amide bonds. The molecule has 0 heterocycles. The monoisotopic (exact) mass is 273 g/mol. The maximum atomic E-state index is 9.21. The van der Waals surface area contributed by atoms with Crippen molar-refractivity contribution in [3.05, 3.63) is 0 Å². The van der Waals surface area contributed by atoms with Gasteiger partial charge in [0, 0.05) is 25.7 Å². The molecule has 0 saturated carbocycles. The Morgan fingerprint density at radius 2 is 1.21 bits per heavy atom. The first-order valence-electron chi connectivity index (χ1n) is 8.22. The van der Waals surface area contributed by atoms with Crippen molar-refractivity contribution in [3.8, 4) is 0 Å². The summed E-state index contributed by atoms with van der Waals surface area (Å²) in [6.45, 7) is 7.72.